The Morgan fingerprint density at radius 2 is 1.67 bits per heavy atom. The minimum atomic E-state index is -1.13. The van der Waals surface area contributed by atoms with Crippen LogP contribution >= 0.6 is 11.6 Å². The van der Waals surface area contributed by atoms with E-state index in [9.17, 15) is 5.11 Å². The van der Waals surface area contributed by atoms with Gasteiger partial charge in [-0.25, -0.2) is 0 Å². The molecule has 0 bridgehead atoms. The van der Waals surface area contributed by atoms with Crippen LogP contribution in [0.4, 0.5) is 0 Å². The summed E-state index contributed by atoms with van der Waals surface area (Å²) in [7, 11) is 0. The zero-order chi connectivity index (χ0) is 14.7. The molecule has 0 aliphatic heterocycles. The summed E-state index contributed by atoms with van der Waals surface area (Å²) in [4.78, 5) is 4.28. The molecule has 2 nitrogen and oxygen atoms in total. The average molecular weight is 298 g/mol. The lowest BCUT2D eigenvalue weighted by Crippen LogP contribution is -2.28. The number of aromatic nitrogens is 1. The molecule has 3 heteroatoms. The summed E-state index contributed by atoms with van der Waals surface area (Å²) >= 11 is 5.96. The Morgan fingerprint density at radius 3 is 2.43 bits per heavy atom. The largest absolute Gasteiger partial charge is 0.380 e. The summed E-state index contributed by atoms with van der Waals surface area (Å²) in [5.41, 5.74) is 0.507. The minimum absolute atomic E-state index is 0.370. The number of nitrogens with zero attached hydrogens (tertiary/aromatic N) is 1. The number of fused-ring (bicyclic) bond motifs is 1. The molecular formula is C18H16ClNO. The van der Waals surface area contributed by atoms with Gasteiger partial charge in [0, 0.05) is 29.2 Å². The molecule has 1 unspecified atom stereocenters. The molecule has 3 rings (SSSR count). The van der Waals surface area contributed by atoms with E-state index in [1.54, 1.807) is 6.20 Å². The maximum atomic E-state index is 11.3. The maximum Gasteiger partial charge on any atom is 0.118 e. The van der Waals surface area contributed by atoms with E-state index in [0.717, 1.165) is 21.9 Å². The second-order valence-corrected chi connectivity index (χ2v) is 5.45. The van der Waals surface area contributed by atoms with Gasteiger partial charge >= 0.3 is 0 Å². The highest BCUT2D eigenvalue weighted by molar-refractivity contribution is 6.17. The minimum Gasteiger partial charge on any atom is -0.380 e. The molecule has 1 N–H and O–H groups in total. The molecule has 0 aliphatic carbocycles. The fourth-order valence-electron chi connectivity index (χ4n) is 2.73. The number of pyridine rings is 1. The molecule has 0 aliphatic rings. The standard InChI is InChI=1S/C18H16ClNO/c19-11-10-18(21,15-7-2-1-3-8-15)17-13-20-12-14-6-4-5-9-16(14)17/h1-9,12-13,21H,10-11H2. The van der Waals surface area contributed by atoms with Gasteiger partial charge in [0.25, 0.3) is 0 Å². The topological polar surface area (TPSA) is 33.1 Å². The number of aliphatic hydroxyl groups is 1. The molecule has 21 heavy (non-hydrogen) atoms. The van der Waals surface area contributed by atoms with Crippen molar-refractivity contribution in [2.75, 3.05) is 5.88 Å². The lowest BCUT2D eigenvalue weighted by Gasteiger charge is -2.29. The Hall–Kier alpha value is -1.90. The predicted molar refractivity (Wildman–Crippen MR) is 86.5 cm³/mol. The number of alkyl halides is 1. The van der Waals surface area contributed by atoms with Crippen LogP contribution < -0.4 is 0 Å². The van der Waals surface area contributed by atoms with Crippen molar-refractivity contribution < 1.29 is 5.11 Å². The monoisotopic (exact) mass is 297 g/mol. The Kier molecular flexibility index (Phi) is 3.91. The molecule has 3 aromatic rings. The van der Waals surface area contributed by atoms with Crippen molar-refractivity contribution in [1.29, 1.82) is 0 Å². The first-order chi connectivity index (χ1) is 10.3. The van der Waals surface area contributed by atoms with Gasteiger partial charge in [-0.1, -0.05) is 54.6 Å². The maximum absolute atomic E-state index is 11.3. The highest BCUT2D eigenvalue weighted by atomic mass is 35.5. The number of halogens is 1. The van der Waals surface area contributed by atoms with E-state index in [1.165, 1.54) is 0 Å². The molecule has 0 radical (unpaired) electrons. The lowest BCUT2D eigenvalue weighted by atomic mass is 9.83. The van der Waals surface area contributed by atoms with Crippen LogP contribution in [0.5, 0.6) is 0 Å². The van der Waals surface area contributed by atoms with Gasteiger partial charge in [0.1, 0.15) is 5.60 Å². The second kappa shape index (κ2) is 5.84. The van der Waals surface area contributed by atoms with Gasteiger partial charge in [0.2, 0.25) is 0 Å². The first kappa shape index (κ1) is 14.1. The Balaban J connectivity index is 2.25. The van der Waals surface area contributed by atoms with Crippen LogP contribution in [0.3, 0.4) is 0 Å². The normalized spacial score (nSPS) is 14.0. The average Bonchev–Trinajstić information content (AvgIpc) is 2.55. The van der Waals surface area contributed by atoms with Crippen LogP contribution in [0.25, 0.3) is 10.8 Å². The van der Waals surface area contributed by atoms with Crippen LogP contribution in [-0.2, 0) is 5.60 Å². The summed E-state index contributed by atoms with van der Waals surface area (Å²) in [6.07, 6.45) is 3.99. The second-order valence-electron chi connectivity index (χ2n) is 5.07. The Labute approximate surface area is 129 Å². The molecule has 1 atom stereocenters. The van der Waals surface area contributed by atoms with E-state index < -0.39 is 5.60 Å². The van der Waals surface area contributed by atoms with Crippen LogP contribution in [-0.4, -0.2) is 16.0 Å². The number of hydrogen-bond acceptors (Lipinski definition) is 2. The first-order valence-electron chi connectivity index (χ1n) is 6.93. The molecule has 2 aromatic carbocycles. The molecule has 0 amide bonds. The molecule has 1 heterocycles. The number of rotatable bonds is 4. The Bertz CT molecular complexity index is 739. The third-order valence-corrected chi connectivity index (χ3v) is 4.01. The Morgan fingerprint density at radius 1 is 0.952 bits per heavy atom. The van der Waals surface area contributed by atoms with Gasteiger partial charge in [-0.3, -0.25) is 4.98 Å². The smallest absolute Gasteiger partial charge is 0.118 e. The van der Waals surface area contributed by atoms with Crippen molar-refractivity contribution in [2.45, 2.75) is 12.0 Å². The summed E-state index contributed by atoms with van der Waals surface area (Å²) in [6.45, 7) is 0. The third-order valence-electron chi connectivity index (χ3n) is 3.82. The molecule has 0 fully saturated rings. The van der Waals surface area contributed by atoms with Gasteiger partial charge < -0.3 is 5.11 Å². The van der Waals surface area contributed by atoms with Gasteiger partial charge in [-0.05, 0) is 17.4 Å². The summed E-state index contributed by atoms with van der Waals surface area (Å²) in [6, 6.07) is 17.6. The van der Waals surface area contributed by atoms with E-state index in [1.807, 2.05) is 60.8 Å². The fourth-order valence-corrected chi connectivity index (χ4v) is 3.00. The van der Waals surface area contributed by atoms with Gasteiger partial charge in [-0.15, -0.1) is 11.6 Å². The highest BCUT2D eigenvalue weighted by Crippen LogP contribution is 2.36. The number of benzene rings is 2. The van der Waals surface area contributed by atoms with Crippen LogP contribution in [0.2, 0.25) is 0 Å². The van der Waals surface area contributed by atoms with Crippen LogP contribution in [0.1, 0.15) is 17.5 Å². The van der Waals surface area contributed by atoms with E-state index in [2.05, 4.69) is 4.98 Å². The third kappa shape index (κ3) is 2.53. The summed E-state index contributed by atoms with van der Waals surface area (Å²) in [5, 5.41) is 13.3. The fraction of sp³-hybridized carbons (Fsp3) is 0.167. The van der Waals surface area contributed by atoms with Crippen molar-refractivity contribution >= 4 is 22.4 Å². The van der Waals surface area contributed by atoms with Gasteiger partial charge in [0.05, 0.1) is 0 Å². The van der Waals surface area contributed by atoms with Crippen molar-refractivity contribution in [1.82, 2.24) is 4.98 Å². The zero-order valence-electron chi connectivity index (χ0n) is 11.5. The first-order valence-corrected chi connectivity index (χ1v) is 7.46. The molecule has 0 saturated carbocycles. The van der Waals surface area contributed by atoms with Crippen molar-refractivity contribution in [3.05, 3.63) is 78.1 Å². The molecule has 106 valence electrons. The summed E-state index contributed by atoms with van der Waals surface area (Å²) < 4.78 is 0. The molecule has 0 spiro atoms. The van der Waals surface area contributed by atoms with Crippen molar-refractivity contribution in [3.8, 4) is 0 Å². The van der Waals surface area contributed by atoms with Gasteiger partial charge in [0.15, 0.2) is 0 Å². The molecule has 0 saturated heterocycles. The predicted octanol–water partition coefficient (Wildman–Crippen LogP) is 4.10. The van der Waals surface area contributed by atoms with Crippen LogP contribution in [0.15, 0.2) is 67.0 Å². The van der Waals surface area contributed by atoms with Crippen molar-refractivity contribution in [2.24, 2.45) is 0 Å². The van der Waals surface area contributed by atoms with Gasteiger partial charge in [-0.2, -0.15) is 0 Å². The van der Waals surface area contributed by atoms with E-state index in [4.69, 9.17) is 11.6 Å². The highest BCUT2D eigenvalue weighted by Gasteiger charge is 2.32. The SMILES string of the molecule is OC(CCCl)(c1ccccc1)c1cncc2ccccc12. The van der Waals surface area contributed by atoms with Crippen LogP contribution in [0, 0.1) is 0 Å². The van der Waals surface area contributed by atoms with E-state index in [0.29, 0.717) is 12.3 Å². The van der Waals surface area contributed by atoms with E-state index >= 15 is 0 Å². The number of hydrogen-bond donors (Lipinski definition) is 1. The quantitative estimate of drug-likeness (QED) is 0.736. The van der Waals surface area contributed by atoms with E-state index in [-0.39, 0.29) is 0 Å². The lowest BCUT2D eigenvalue weighted by molar-refractivity contribution is 0.0787. The van der Waals surface area contributed by atoms with Crippen molar-refractivity contribution in [3.63, 3.8) is 0 Å². The summed E-state index contributed by atoms with van der Waals surface area (Å²) in [5.74, 6) is 0.370. The zero-order valence-corrected chi connectivity index (χ0v) is 12.3. The molecular weight excluding hydrogens is 282 g/mol. The molecule has 1 aromatic heterocycles.